The molecule has 0 saturated carbocycles. The molecule has 0 aliphatic carbocycles. The number of carbonyl (C=O) groups is 1. The average molecular weight is 427 g/mol. The first-order valence-corrected chi connectivity index (χ1v) is 10.8. The Morgan fingerprint density at radius 2 is 1.87 bits per heavy atom. The maximum atomic E-state index is 14.6. The van der Waals surface area contributed by atoms with Crippen molar-refractivity contribution in [2.45, 2.75) is 50.6 Å². The van der Waals surface area contributed by atoms with Crippen LogP contribution >= 0.6 is 0 Å². The smallest absolute Gasteiger partial charge is 0.328 e. The molecule has 1 saturated heterocycles. The Morgan fingerprint density at radius 1 is 1.16 bits per heavy atom. The molecule has 0 radical (unpaired) electrons. The van der Waals surface area contributed by atoms with E-state index >= 15 is 0 Å². The van der Waals surface area contributed by atoms with Crippen molar-refractivity contribution in [2.24, 2.45) is 10.8 Å². The van der Waals surface area contributed by atoms with Crippen molar-refractivity contribution in [2.75, 3.05) is 13.1 Å². The summed E-state index contributed by atoms with van der Waals surface area (Å²) in [6.07, 6.45) is 3.43. The van der Waals surface area contributed by atoms with Gasteiger partial charge in [-0.2, -0.15) is 5.10 Å². The van der Waals surface area contributed by atoms with Gasteiger partial charge < -0.3 is 10.6 Å². The number of urea groups is 1. The molecule has 2 aromatic rings. The van der Waals surface area contributed by atoms with E-state index in [2.05, 4.69) is 5.10 Å². The summed E-state index contributed by atoms with van der Waals surface area (Å²) in [5, 5.41) is 6.13. The zero-order valence-electron chi connectivity index (χ0n) is 17.7. The van der Waals surface area contributed by atoms with Gasteiger partial charge in [0.1, 0.15) is 11.6 Å². The van der Waals surface area contributed by atoms with E-state index in [4.69, 9.17) is 5.73 Å². The van der Waals surface area contributed by atoms with Gasteiger partial charge in [-0.25, -0.2) is 18.6 Å². The van der Waals surface area contributed by atoms with Crippen LogP contribution in [0.1, 0.15) is 50.2 Å². The molecule has 5 nitrogen and oxygen atoms in total. The van der Waals surface area contributed by atoms with E-state index in [0.717, 1.165) is 36.6 Å². The molecule has 7 heteroatoms. The standard InChI is InChI=1S/C24H28F2N4O/c1-17(27)11-12-24(18-7-3-2-4-8-18)16-22(20-15-19(25)9-10-21(20)26)28-30(24)23(31)29-13-5-6-14-29/h2-4,7-10,15,17H,5-6,11-14,16,27H2,1H3. The highest BCUT2D eigenvalue weighted by molar-refractivity contribution is 6.04. The zero-order chi connectivity index (χ0) is 22.0. The van der Waals surface area contributed by atoms with Crippen LogP contribution in [0.4, 0.5) is 13.6 Å². The largest absolute Gasteiger partial charge is 0.341 e. The van der Waals surface area contributed by atoms with Crippen LogP contribution in [0.3, 0.4) is 0 Å². The minimum absolute atomic E-state index is 0.0701. The first-order valence-electron chi connectivity index (χ1n) is 10.8. The summed E-state index contributed by atoms with van der Waals surface area (Å²) >= 11 is 0. The molecular weight excluding hydrogens is 398 g/mol. The van der Waals surface area contributed by atoms with Gasteiger partial charge in [0.05, 0.1) is 11.3 Å². The Labute approximate surface area is 181 Å². The molecule has 2 heterocycles. The van der Waals surface area contributed by atoms with Crippen LogP contribution < -0.4 is 5.73 Å². The van der Waals surface area contributed by atoms with E-state index in [1.807, 2.05) is 37.3 Å². The number of nitrogens with zero attached hydrogens (tertiary/aromatic N) is 3. The Balaban J connectivity index is 1.82. The topological polar surface area (TPSA) is 61.9 Å². The third-order valence-corrected chi connectivity index (χ3v) is 6.21. The second-order valence-electron chi connectivity index (χ2n) is 8.55. The Hall–Kier alpha value is -2.80. The number of halogens is 2. The van der Waals surface area contributed by atoms with E-state index in [0.29, 0.717) is 38.1 Å². The fraction of sp³-hybridized carbons (Fsp3) is 0.417. The number of amides is 2. The fourth-order valence-electron chi connectivity index (χ4n) is 4.52. The van der Waals surface area contributed by atoms with E-state index in [-0.39, 0.29) is 17.6 Å². The first-order chi connectivity index (χ1) is 14.9. The van der Waals surface area contributed by atoms with Crippen LogP contribution in [-0.2, 0) is 5.54 Å². The summed E-state index contributed by atoms with van der Waals surface area (Å²) in [7, 11) is 0. The molecule has 2 unspecified atom stereocenters. The highest BCUT2D eigenvalue weighted by Gasteiger charge is 2.49. The number of carbonyl (C=O) groups excluding carboxylic acids is 1. The van der Waals surface area contributed by atoms with Gasteiger partial charge in [-0.1, -0.05) is 30.3 Å². The molecule has 2 aliphatic rings. The predicted molar refractivity (Wildman–Crippen MR) is 117 cm³/mol. The van der Waals surface area contributed by atoms with Crippen LogP contribution in [0.15, 0.2) is 53.6 Å². The normalized spacial score (nSPS) is 22.0. The molecule has 31 heavy (non-hydrogen) atoms. The number of rotatable bonds is 5. The molecule has 4 rings (SSSR count). The lowest BCUT2D eigenvalue weighted by atomic mass is 9.79. The minimum atomic E-state index is -0.803. The number of hydrogen-bond donors (Lipinski definition) is 1. The van der Waals surface area contributed by atoms with E-state index < -0.39 is 17.2 Å². The molecule has 0 aromatic heterocycles. The van der Waals surface area contributed by atoms with Crippen molar-refractivity contribution >= 4 is 11.7 Å². The highest BCUT2D eigenvalue weighted by atomic mass is 19.1. The second kappa shape index (κ2) is 8.75. The van der Waals surface area contributed by atoms with Crippen molar-refractivity contribution in [3.63, 3.8) is 0 Å². The van der Waals surface area contributed by atoms with Crippen molar-refractivity contribution in [3.8, 4) is 0 Å². The van der Waals surface area contributed by atoms with E-state index in [1.54, 1.807) is 4.90 Å². The predicted octanol–water partition coefficient (Wildman–Crippen LogP) is 4.61. The van der Waals surface area contributed by atoms with Gasteiger partial charge in [0, 0.05) is 31.1 Å². The molecular formula is C24H28F2N4O. The quantitative estimate of drug-likeness (QED) is 0.759. The molecule has 0 spiro atoms. The van der Waals surface area contributed by atoms with Crippen molar-refractivity contribution in [3.05, 3.63) is 71.3 Å². The van der Waals surface area contributed by atoms with Crippen LogP contribution in [0.2, 0.25) is 0 Å². The van der Waals surface area contributed by atoms with Crippen LogP contribution in [-0.4, -0.2) is 40.8 Å². The van der Waals surface area contributed by atoms with Gasteiger partial charge in [0.25, 0.3) is 0 Å². The number of hydrazone groups is 1. The maximum absolute atomic E-state index is 14.6. The molecule has 2 amide bonds. The molecule has 2 atom stereocenters. The SMILES string of the molecule is CC(N)CCC1(c2ccccc2)CC(c2cc(F)ccc2F)=NN1C(=O)N1CCCC1. The lowest BCUT2D eigenvalue weighted by Gasteiger charge is -2.39. The first kappa shape index (κ1) is 21.4. The van der Waals surface area contributed by atoms with Gasteiger partial charge in [-0.3, -0.25) is 0 Å². The molecule has 1 fully saturated rings. The highest BCUT2D eigenvalue weighted by Crippen LogP contribution is 2.44. The number of benzene rings is 2. The molecule has 2 aliphatic heterocycles. The molecule has 2 N–H and O–H groups in total. The van der Waals surface area contributed by atoms with Crippen LogP contribution in [0, 0.1) is 11.6 Å². The van der Waals surface area contributed by atoms with Crippen molar-refractivity contribution in [1.82, 2.24) is 9.91 Å². The molecule has 164 valence electrons. The fourth-order valence-corrected chi connectivity index (χ4v) is 4.52. The van der Waals surface area contributed by atoms with Gasteiger partial charge in [0.15, 0.2) is 0 Å². The van der Waals surface area contributed by atoms with Gasteiger partial charge >= 0.3 is 6.03 Å². The maximum Gasteiger partial charge on any atom is 0.341 e. The van der Waals surface area contributed by atoms with E-state index in [9.17, 15) is 13.6 Å². The summed E-state index contributed by atoms with van der Waals surface area (Å²) in [5.41, 5.74) is 6.66. The lowest BCUT2D eigenvalue weighted by Crippen LogP contribution is -2.49. The monoisotopic (exact) mass is 426 g/mol. The summed E-state index contributed by atoms with van der Waals surface area (Å²) < 4.78 is 28.6. The van der Waals surface area contributed by atoms with Crippen LogP contribution in [0.5, 0.6) is 0 Å². The van der Waals surface area contributed by atoms with Gasteiger partial charge in [-0.05, 0) is 56.4 Å². The van der Waals surface area contributed by atoms with Crippen LogP contribution in [0.25, 0.3) is 0 Å². The van der Waals surface area contributed by atoms with E-state index in [1.165, 1.54) is 5.01 Å². The Kier molecular flexibility index (Phi) is 6.05. The number of nitrogens with two attached hydrogens (primary N) is 1. The number of likely N-dealkylation sites (tertiary alicyclic amines) is 1. The summed E-state index contributed by atoms with van der Waals surface area (Å²) in [5.74, 6) is -1.09. The second-order valence-corrected chi connectivity index (χ2v) is 8.55. The lowest BCUT2D eigenvalue weighted by molar-refractivity contribution is 0.0962. The summed E-state index contributed by atoms with van der Waals surface area (Å²) in [6, 6.07) is 12.8. The third kappa shape index (κ3) is 4.19. The Bertz CT molecular complexity index is 973. The summed E-state index contributed by atoms with van der Waals surface area (Å²) in [6.45, 7) is 3.27. The Morgan fingerprint density at radius 3 is 2.55 bits per heavy atom. The molecule has 0 bridgehead atoms. The zero-order valence-corrected chi connectivity index (χ0v) is 17.7. The minimum Gasteiger partial charge on any atom is -0.328 e. The van der Waals surface area contributed by atoms with Gasteiger partial charge in [-0.15, -0.1) is 0 Å². The summed E-state index contributed by atoms with van der Waals surface area (Å²) in [4.78, 5) is 15.3. The number of hydrogen-bond acceptors (Lipinski definition) is 3. The van der Waals surface area contributed by atoms with Gasteiger partial charge in [0.2, 0.25) is 0 Å². The average Bonchev–Trinajstić information content (AvgIpc) is 3.43. The molecule has 2 aromatic carbocycles. The van der Waals surface area contributed by atoms with Crippen molar-refractivity contribution in [1.29, 1.82) is 0 Å². The van der Waals surface area contributed by atoms with Crippen molar-refractivity contribution < 1.29 is 13.6 Å². The third-order valence-electron chi connectivity index (χ3n) is 6.21.